The van der Waals surface area contributed by atoms with Crippen molar-refractivity contribution in [2.45, 2.75) is 12.8 Å². The van der Waals surface area contributed by atoms with Gasteiger partial charge in [-0.1, -0.05) is 24.3 Å². The van der Waals surface area contributed by atoms with Crippen LogP contribution in [0.2, 0.25) is 0 Å². The van der Waals surface area contributed by atoms with Crippen molar-refractivity contribution >= 4 is 16.9 Å². The molecule has 0 aliphatic heterocycles. The lowest BCUT2D eigenvalue weighted by molar-refractivity contribution is -0.136. The van der Waals surface area contributed by atoms with E-state index in [0.717, 1.165) is 27.6 Å². The molecule has 3 aromatic carbocycles. The molecule has 0 aliphatic carbocycles. The third-order valence-corrected chi connectivity index (χ3v) is 4.59. The van der Waals surface area contributed by atoms with Gasteiger partial charge in [-0.2, -0.15) is 0 Å². The second kappa shape index (κ2) is 7.56. The Morgan fingerprint density at radius 3 is 2.68 bits per heavy atom. The van der Waals surface area contributed by atoms with E-state index in [0.29, 0.717) is 12.2 Å². The van der Waals surface area contributed by atoms with Crippen LogP contribution in [0, 0.1) is 5.82 Å². The van der Waals surface area contributed by atoms with E-state index in [1.165, 1.54) is 6.07 Å². The molecule has 4 nitrogen and oxygen atoms in total. The Kier molecular flexibility index (Phi) is 4.81. The Morgan fingerprint density at radius 2 is 1.86 bits per heavy atom. The van der Waals surface area contributed by atoms with E-state index in [4.69, 9.17) is 9.84 Å². The summed E-state index contributed by atoms with van der Waals surface area (Å²) in [5.74, 6) is -0.629. The highest BCUT2D eigenvalue weighted by Crippen LogP contribution is 2.36. The first kappa shape index (κ1) is 17.8. The molecule has 1 aromatic heterocycles. The number of carboxylic acid groups (broad SMARTS) is 1. The number of aromatic amines is 1. The van der Waals surface area contributed by atoms with Gasteiger partial charge >= 0.3 is 5.97 Å². The van der Waals surface area contributed by atoms with Crippen molar-refractivity contribution in [1.82, 2.24) is 4.98 Å². The number of aryl methyl sites for hydroxylation is 1. The molecule has 0 saturated carbocycles. The van der Waals surface area contributed by atoms with Gasteiger partial charge in [0.2, 0.25) is 0 Å². The molecule has 0 atom stereocenters. The summed E-state index contributed by atoms with van der Waals surface area (Å²) in [6, 6.07) is 19.7. The molecule has 1 heterocycles. The number of rotatable bonds is 6. The van der Waals surface area contributed by atoms with Crippen LogP contribution in [0.5, 0.6) is 11.5 Å². The van der Waals surface area contributed by atoms with E-state index >= 15 is 0 Å². The average Bonchev–Trinajstić information content (AvgIpc) is 3.16. The van der Waals surface area contributed by atoms with Crippen LogP contribution in [0.1, 0.15) is 12.0 Å². The number of hydrogen-bond acceptors (Lipinski definition) is 2. The molecule has 0 saturated heterocycles. The molecule has 0 aliphatic rings. The molecule has 28 heavy (non-hydrogen) atoms. The summed E-state index contributed by atoms with van der Waals surface area (Å²) in [4.78, 5) is 14.1. The van der Waals surface area contributed by atoms with Gasteiger partial charge in [0.1, 0.15) is 5.75 Å². The van der Waals surface area contributed by atoms with Gasteiger partial charge in [-0.15, -0.1) is 0 Å². The first-order chi connectivity index (χ1) is 13.6. The molecule has 0 unspecified atom stereocenters. The summed E-state index contributed by atoms with van der Waals surface area (Å²) in [7, 11) is 0. The van der Waals surface area contributed by atoms with Crippen LogP contribution >= 0.6 is 0 Å². The Labute approximate surface area is 161 Å². The van der Waals surface area contributed by atoms with E-state index in [9.17, 15) is 9.18 Å². The molecule has 2 N–H and O–H groups in total. The van der Waals surface area contributed by atoms with Gasteiger partial charge in [-0.3, -0.25) is 4.79 Å². The molecule has 0 fully saturated rings. The predicted molar refractivity (Wildman–Crippen MR) is 106 cm³/mol. The summed E-state index contributed by atoms with van der Waals surface area (Å²) in [5, 5.41) is 10.0. The van der Waals surface area contributed by atoms with E-state index in [1.807, 2.05) is 42.6 Å². The van der Waals surface area contributed by atoms with Crippen LogP contribution in [0.25, 0.3) is 22.0 Å². The van der Waals surface area contributed by atoms with Gasteiger partial charge in [0.25, 0.3) is 0 Å². The summed E-state index contributed by atoms with van der Waals surface area (Å²) in [6.45, 7) is 0. The number of fused-ring (bicyclic) bond motifs is 1. The highest BCUT2D eigenvalue weighted by atomic mass is 19.1. The number of ether oxygens (including phenoxy) is 1. The van der Waals surface area contributed by atoms with Crippen molar-refractivity contribution in [2.24, 2.45) is 0 Å². The number of hydrogen-bond donors (Lipinski definition) is 2. The largest absolute Gasteiger partial charge is 0.481 e. The van der Waals surface area contributed by atoms with Crippen molar-refractivity contribution < 1.29 is 19.0 Å². The molecule has 0 bridgehead atoms. The number of H-pyrrole nitrogens is 1. The first-order valence-corrected chi connectivity index (χ1v) is 8.95. The minimum Gasteiger partial charge on any atom is -0.481 e. The SMILES string of the molecule is O=C(O)CCc1ccc(Oc2ccccc2F)c(-c2ccc3[nH]ccc3c2)c1. The zero-order valence-electron chi connectivity index (χ0n) is 15.0. The van der Waals surface area contributed by atoms with Gasteiger partial charge in [-0.25, -0.2) is 4.39 Å². The number of nitrogens with one attached hydrogen (secondary N) is 1. The summed E-state index contributed by atoms with van der Waals surface area (Å²) >= 11 is 0. The normalized spacial score (nSPS) is 10.9. The average molecular weight is 375 g/mol. The second-order valence-corrected chi connectivity index (χ2v) is 6.54. The van der Waals surface area contributed by atoms with Crippen molar-refractivity contribution in [3.8, 4) is 22.6 Å². The van der Waals surface area contributed by atoms with E-state index in [2.05, 4.69) is 4.98 Å². The smallest absolute Gasteiger partial charge is 0.303 e. The summed E-state index contributed by atoms with van der Waals surface area (Å²) in [5.41, 5.74) is 3.60. The highest BCUT2D eigenvalue weighted by molar-refractivity contribution is 5.86. The molecule has 4 aromatic rings. The van der Waals surface area contributed by atoms with Crippen molar-refractivity contribution in [3.05, 3.63) is 84.3 Å². The molecular weight excluding hydrogens is 357 g/mol. The Hall–Kier alpha value is -3.60. The fourth-order valence-electron chi connectivity index (χ4n) is 3.17. The zero-order chi connectivity index (χ0) is 19.5. The lowest BCUT2D eigenvalue weighted by Gasteiger charge is -2.14. The van der Waals surface area contributed by atoms with Crippen molar-refractivity contribution in [3.63, 3.8) is 0 Å². The van der Waals surface area contributed by atoms with Gasteiger partial charge in [0.05, 0.1) is 0 Å². The van der Waals surface area contributed by atoms with Gasteiger partial charge in [0.15, 0.2) is 11.6 Å². The third-order valence-electron chi connectivity index (χ3n) is 4.59. The topological polar surface area (TPSA) is 62.3 Å². The lowest BCUT2D eigenvalue weighted by Crippen LogP contribution is -1.98. The first-order valence-electron chi connectivity index (χ1n) is 8.95. The van der Waals surface area contributed by atoms with Crippen molar-refractivity contribution in [1.29, 1.82) is 0 Å². The monoisotopic (exact) mass is 375 g/mol. The van der Waals surface area contributed by atoms with Gasteiger partial charge in [0, 0.05) is 23.7 Å². The Balaban J connectivity index is 1.78. The standard InChI is InChI=1S/C23H18FNO3/c24-19-3-1-2-4-22(19)28-21-9-5-15(6-10-23(26)27)13-18(21)16-7-8-20-17(14-16)11-12-25-20/h1-5,7-9,11-14,25H,6,10H2,(H,26,27). The van der Waals surface area contributed by atoms with E-state index in [-0.39, 0.29) is 12.2 Å². The number of aliphatic carboxylic acids is 1. The maximum absolute atomic E-state index is 14.1. The molecule has 0 spiro atoms. The number of halogens is 1. The van der Waals surface area contributed by atoms with Crippen LogP contribution in [0.15, 0.2) is 72.9 Å². The minimum atomic E-state index is -0.845. The highest BCUT2D eigenvalue weighted by Gasteiger charge is 2.13. The van der Waals surface area contributed by atoms with Crippen molar-refractivity contribution in [2.75, 3.05) is 0 Å². The number of benzene rings is 3. The fourth-order valence-corrected chi connectivity index (χ4v) is 3.17. The summed E-state index contributed by atoms with van der Waals surface area (Å²) in [6.07, 6.45) is 2.33. The fraction of sp³-hybridized carbons (Fsp3) is 0.0870. The van der Waals surface area contributed by atoms with Crippen LogP contribution < -0.4 is 4.74 Å². The van der Waals surface area contributed by atoms with Crippen LogP contribution in [-0.4, -0.2) is 16.1 Å². The molecule has 4 rings (SSSR count). The van der Waals surface area contributed by atoms with E-state index < -0.39 is 11.8 Å². The number of para-hydroxylation sites is 1. The third kappa shape index (κ3) is 3.74. The van der Waals surface area contributed by atoms with E-state index in [1.54, 1.807) is 24.3 Å². The predicted octanol–water partition coefficient (Wildman–Crippen LogP) is 5.78. The second-order valence-electron chi connectivity index (χ2n) is 6.54. The number of aromatic nitrogens is 1. The van der Waals surface area contributed by atoms with Gasteiger partial charge < -0.3 is 14.8 Å². The Bertz CT molecular complexity index is 1150. The van der Waals surface area contributed by atoms with Crippen LogP contribution in [0.4, 0.5) is 4.39 Å². The Morgan fingerprint density at radius 1 is 1.00 bits per heavy atom. The molecule has 5 heteroatoms. The quantitative estimate of drug-likeness (QED) is 0.449. The molecule has 0 amide bonds. The number of carboxylic acids is 1. The number of carbonyl (C=O) groups is 1. The maximum Gasteiger partial charge on any atom is 0.303 e. The minimum absolute atomic E-state index is 0.0454. The molecule has 0 radical (unpaired) electrons. The zero-order valence-corrected chi connectivity index (χ0v) is 15.0. The van der Waals surface area contributed by atoms with Crippen LogP contribution in [0.3, 0.4) is 0 Å². The summed E-state index contributed by atoms with van der Waals surface area (Å²) < 4.78 is 19.9. The maximum atomic E-state index is 14.1. The molecular formula is C23H18FNO3. The molecule has 140 valence electrons. The van der Waals surface area contributed by atoms with Gasteiger partial charge in [-0.05, 0) is 65.4 Å². The lowest BCUT2D eigenvalue weighted by atomic mass is 9.99. The van der Waals surface area contributed by atoms with Crippen LogP contribution in [-0.2, 0) is 11.2 Å².